The highest BCUT2D eigenvalue weighted by Gasteiger charge is 2.27. The highest BCUT2D eigenvalue weighted by Crippen LogP contribution is 2.23. The Balaban J connectivity index is 1.51. The maximum Gasteiger partial charge on any atom is 0.410 e. The topological polar surface area (TPSA) is 49.9 Å². The second-order valence-corrected chi connectivity index (χ2v) is 9.04. The number of nitrogens with zero attached hydrogens (tertiary/aromatic N) is 2. The van der Waals surface area contributed by atoms with Crippen LogP contribution in [-0.4, -0.2) is 54.1 Å². The molecule has 30 heavy (non-hydrogen) atoms. The molecule has 160 valence electrons. The van der Waals surface area contributed by atoms with Crippen molar-refractivity contribution in [2.24, 2.45) is 5.92 Å². The Morgan fingerprint density at radius 2 is 1.53 bits per heavy atom. The van der Waals surface area contributed by atoms with Crippen molar-refractivity contribution in [3.05, 3.63) is 60.2 Å². The predicted octanol–water partition coefficient (Wildman–Crippen LogP) is 5.07. The summed E-state index contributed by atoms with van der Waals surface area (Å²) in [6, 6.07) is 18.0. The molecule has 0 aromatic heterocycles. The van der Waals surface area contributed by atoms with Gasteiger partial charge in [-0.25, -0.2) is 4.79 Å². The number of ether oxygens (including phenoxy) is 1. The second-order valence-electron chi connectivity index (χ2n) is 9.04. The molecule has 0 unspecified atom stereocenters. The first-order valence-electron chi connectivity index (χ1n) is 10.6. The van der Waals surface area contributed by atoms with Crippen molar-refractivity contribution in [2.75, 3.05) is 26.7 Å². The van der Waals surface area contributed by atoms with Gasteiger partial charge in [-0.3, -0.25) is 4.79 Å². The van der Waals surface area contributed by atoms with Gasteiger partial charge in [0.2, 0.25) is 0 Å². The van der Waals surface area contributed by atoms with Gasteiger partial charge in [0.05, 0.1) is 0 Å². The molecule has 1 aliphatic rings. The lowest BCUT2D eigenvalue weighted by Crippen LogP contribution is -2.43. The Kier molecular flexibility index (Phi) is 6.80. The van der Waals surface area contributed by atoms with Crippen LogP contribution in [0.3, 0.4) is 0 Å². The number of rotatable bonds is 4. The Labute approximate surface area is 179 Å². The Morgan fingerprint density at radius 3 is 2.10 bits per heavy atom. The molecule has 3 rings (SSSR count). The lowest BCUT2D eigenvalue weighted by Gasteiger charge is -2.34. The van der Waals surface area contributed by atoms with Crippen molar-refractivity contribution in [2.45, 2.75) is 39.2 Å². The van der Waals surface area contributed by atoms with Gasteiger partial charge < -0.3 is 14.5 Å². The number of carbonyl (C=O) groups is 2. The fourth-order valence-corrected chi connectivity index (χ4v) is 3.74. The molecule has 2 aromatic rings. The molecule has 1 saturated heterocycles. The van der Waals surface area contributed by atoms with E-state index in [9.17, 15) is 9.59 Å². The summed E-state index contributed by atoms with van der Waals surface area (Å²) >= 11 is 0. The van der Waals surface area contributed by atoms with Crippen LogP contribution >= 0.6 is 0 Å². The molecule has 0 atom stereocenters. The van der Waals surface area contributed by atoms with Crippen molar-refractivity contribution < 1.29 is 14.3 Å². The van der Waals surface area contributed by atoms with Gasteiger partial charge in [-0.2, -0.15) is 0 Å². The summed E-state index contributed by atoms with van der Waals surface area (Å²) in [5.41, 5.74) is 2.48. The van der Waals surface area contributed by atoms with E-state index in [0.717, 1.165) is 29.5 Å². The van der Waals surface area contributed by atoms with E-state index in [0.29, 0.717) is 25.6 Å². The van der Waals surface area contributed by atoms with Crippen molar-refractivity contribution in [3.8, 4) is 11.1 Å². The molecule has 0 radical (unpaired) electrons. The van der Waals surface area contributed by atoms with Crippen LogP contribution in [0.15, 0.2) is 54.6 Å². The smallest absolute Gasteiger partial charge is 0.410 e. The normalized spacial score (nSPS) is 15.0. The van der Waals surface area contributed by atoms with Crippen LogP contribution in [0.2, 0.25) is 0 Å². The molecule has 0 spiro atoms. The van der Waals surface area contributed by atoms with Crippen LogP contribution in [0.1, 0.15) is 44.0 Å². The van der Waals surface area contributed by atoms with Crippen molar-refractivity contribution in [3.63, 3.8) is 0 Å². The van der Waals surface area contributed by atoms with Crippen LogP contribution in [-0.2, 0) is 4.74 Å². The zero-order chi connectivity index (χ0) is 21.7. The fourth-order valence-electron chi connectivity index (χ4n) is 3.74. The molecule has 0 N–H and O–H groups in total. The van der Waals surface area contributed by atoms with Crippen molar-refractivity contribution in [1.82, 2.24) is 9.80 Å². The van der Waals surface area contributed by atoms with E-state index in [1.807, 2.05) is 68.1 Å². The third-order valence-electron chi connectivity index (χ3n) is 5.38. The monoisotopic (exact) mass is 408 g/mol. The summed E-state index contributed by atoms with van der Waals surface area (Å²) < 4.78 is 5.42. The number of likely N-dealkylation sites (tertiary alicyclic amines) is 1. The molecule has 2 aromatic carbocycles. The minimum atomic E-state index is -0.489. The summed E-state index contributed by atoms with van der Waals surface area (Å²) in [6.45, 7) is 7.70. The van der Waals surface area contributed by atoms with Gasteiger partial charge in [-0.15, -0.1) is 0 Å². The van der Waals surface area contributed by atoms with E-state index in [1.54, 1.807) is 11.9 Å². The zero-order valence-corrected chi connectivity index (χ0v) is 18.4. The molecule has 1 aliphatic heterocycles. The highest BCUT2D eigenvalue weighted by atomic mass is 16.6. The fraction of sp³-hybridized carbons (Fsp3) is 0.440. The van der Waals surface area contributed by atoms with Crippen molar-refractivity contribution in [1.29, 1.82) is 0 Å². The van der Waals surface area contributed by atoms with E-state index in [2.05, 4.69) is 12.1 Å². The quantitative estimate of drug-likeness (QED) is 0.709. The van der Waals surface area contributed by atoms with E-state index in [1.165, 1.54) is 0 Å². The van der Waals surface area contributed by atoms with Crippen LogP contribution in [0.25, 0.3) is 11.1 Å². The molecule has 0 aliphatic carbocycles. The van der Waals surface area contributed by atoms with Gasteiger partial charge >= 0.3 is 6.09 Å². The largest absolute Gasteiger partial charge is 0.444 e. The number of benzene rings is 2. The van der Waals surface area contributed by atoms with Crippen LogP contribution < -0.4 is 0 Å². The average molecular weight is 409 g/mol. The standard InChI is InChI=1S/C25H32N2O3/c1-25(2,3)30-24(29)26(4)18-19-14-16-27(17-15-19)23(28)22-12-10-21(11-13-22)20-8-6-5-7-9-20/h5-13,19H,14-18H2,1-4H3. The third-order valence-corrected chi connectivity index (χ3v) is 5.38. The average Bonchev–Trinajstić information content (AvgIpc) is 2.73. The molecule has 1 heterocycles. The first-order valence-corrected chi connectivity index (χ1v) is 10.6. The molecule has 5 heteroatoms. The minimum absolute atomic E-state index is 0.0774. The Bertz CT molecular complexity index is 848. The summed E-state index contributed by atoms with van der Waals surface area (Å²) in [4.78, 5) is 28.6. The van der Waals surface area contributed by atoms with Crippen LogP contribution in [0.5, 0.6) is 0 Å². The number of hydrogen-bond donors (Lipinski definition) is 0. The molecule has 5 nitrogen and oxygen atoms in total. The van der Waals surface area contributed by atoms with E-state index < -0.39 is 5.60 Å². The zero-order valence-electron chi connectivity index (χ0n) is 18.4. The number of piperidine rings is 1. The predicted molar refractivity (Wildman–Crippen MR) is 119 cm³/mol. The number of hydrogen-bond acceptors (Lipinski definition) is 3. The summed E-state index contributed by atoms with van der Waals surface area (Å²) in [5, 5.41) is 0. The molecular formula is C25H32N2O3. The molecule has 1 fully saturated rings. The molecule has 2 amide bonds. The molecule has 0 saturated carbocycles. The lowest BCUT2D eigenvalue weighted by molar-refractivity contribution is 0.0246. The molecule has 0 bridgehead atoms. The third kappa shape index (κ3) is 5.85. The van der Waals surface area contributed by atoms with Gasteiger partial charge in [0.25, 0.3) is 5.91 Å². The summed E-state index contributed by atoms with van der Waals surface area (Å²) in [6.07, 6.45) is 1.49. The number of carbonyl (C=O) groups excluding carboxylic acids is 2. The molecular weight excluding hydrogens is 376 g/mol. The minimum Gasteiger partial charge on any atom is -0.444 e. The van der Waals surface area contributed by atoms with Gasteiger partial charge in [-0.1, -0.05) is 42.5 Å². The maximum absolute atomic E-state index is 12.9. The van der Waals surface area contributed by atoms with Gasteiger partial charge in [-0.05, 0) is 62.8 Å². The van der Waals surface area contributed by atoms with Crippen LogP contribution in [0.4, 0.5) is 4.79 Å². The Morgan fingerprint density at radius 1 is 0.967 bits per heavy atom. The van der Waals surface area contributed by atoms with Gasteiger partial charge in [0, 0.05) is 32.2 Å². The van der Waals surface area contributed by atoms with E-state index in [-0.39, 0.29) is 12.0 Å². The first kappa shape index (κ1) is 21.9. The first-order chi connectivity index (χ1) is 14.2. The van der Waals surface area contributed by atoms with Crippen LogP contribution in [0, 0.1) is 5.92 Å². The number of amides is 2. The van der Waals surface area contributed by atoms with E-state index >= 15 is 0 Å². The lowest BCUT2D eigenvalue weighted by atomic mass is 9.95. The summed E-state index contributed by atoms with van der Waals surface area (Å²) in [5.74, 6) is 0.459. The van der Waals surface area contributed by atoms with Gasteiger partial charge in [0.1, 0.15) is 5.60 Å². The maximum atomic E-state index is 12.9. The Hall–Kier alpha value is -2.82. The highest BCUT2D eigenvalue weighted by molar-refractivity contribution is 5.94. The van der Waals surface area contributed by atoms with E-state index in [4.69, 9.17) is 4.74 Å². The van der Waals surface area contributed by atoms with Crippen molar-refractivity contribution >= 4 is 12.0 Å². The summed E-state index contributed by atoms with van der Waals surface area (Å²) in [7, 11) is 1.78. The second kappa shape index (κ2) is 9.33. The van der Waals surface area contributed by atoms with Gasteiger partial charge in [0.15, 0.2) is 0 Å². The SMILES string of the molecule is CN(CC1CCN(C(=O)c2ccc(-c3ccccc3)cc2)CC1)C(=O)OC(C)(C)C.